The monoisotopic (exact) mass is 586 g/mol. The Labute approximate surface area is 243 Å². The molecule has 5 heterocycles. The predicted octanol–water partition coefficient (Wildman–Crippen LogP) is 5.54. The Morgan fingerprint density at radius 1 is 1.35 bits per heavy atom. The van der Waals surface area contributed by atoms with Gasteiger partial charge in [0.05, 0.1) is 46.5 Å². The number of nitriles is 1. The maximum atomic E-state index is 14.6. The lowest BCUT2D eigenvalue weighted by molar-refractivity contribution is 0.188. The number of nitrogens with zero attached hydrogens (tertiary/aromatic N) is 4. The lowest BCUT2D eigenvalue weighted by atomic mass is 9.83. The topological polar surface area (TPSA) is 120 Å². The molecule has 2 aromatic rings. The van der Waals surface area contributed by atoms with Crippen molar-refractivity contribution < 1.29 is 14.2 Å². The summed E-state index contributed by atoms with van der Waals surface area (Å²) in [5.41, 5.74) is 9.95. The van der Waals surface area contributed by atoms with E-state index in [-0.39, 0.29) is 15.3 Å². The van der Waals surface area contributed by atoms with E-state index in [4.69, 9.17) is 27.1 Å². The summed E-state index contributed by atoms with van der Waals surface area (Å²) in [5.74, 6) is 0.983. The Bertz CT molecular complexity index is 1450. The molecule has 1 saturated heterocycles. The number of nitrogen functional groups attached to an aromatic ring is 1. The highest BCUT2D eigenvalue weighted by Crippen LogP contribution is 2.48. The van der Waals surface area contributed by atoms with E-state index in [2.05, 4.69) is 37.1 Å². The number of nitrogens with two attached hydrogens (primary N) is 1. The van der Waals surface area contributed by atoms with Crippen molar-refractivity contribution >= 4 is 49.6 Å². The van der Waals surface area contributed by atoms with Crippen molar-refractivity contribution in [2.24, 2.45) is 10.9 Å². The van der Waals surface area contributed by atoms with Crippen LogP contribution in [0.5, 0.6) is 0 Å². The van der Waals surface area contributed by atoms with Gasteiger partial charge in [0, 0.05) is 35.8 Å². The van der Waals surface area contributed by atoms with Gasteiger partial charge < -0.3 is 25.8 Å². The van der Waals surface area contributed by atoms with Gasteiger partial charge in [-0.05, 0) is 23.5 Å². The van der Waals surface area contributed by atoms with Crippen LogP contribution in [0, 0.1) is 23.1 Å². The molecule has 214 valence electrons. The number of guanidine groups is 1. The third-order valence-electron chi connectivity index (χ3n) is 7.21. The molecule has 1 aliphatic carbocycles. The normalized spacial score (nSPS) is 21.6. The molecule has 3 aliphatic heterocycles. The maximum absolute atomic E-state index is 14.6. The largest absolute Gasteiger partial charge is 0.391 e. The second-order valence-corrected chi connectivity index (χ2v) is 11.5. The van der Waals surface area contributed by atoms with Gasteiger partial charge in [-0.1, -0.05) is 52.6 Å². The van der Waals surface area contributed by atoms with Crippen molar-refractivity contribution in [1.29, 1.82) is 5.26 Å². The fraction of sp³-hybridized carbons (Fsp3) is 0.483. The highest BCUT2D eigenvalue weighted by atomic mass is 35.5. The van der Waals surface area contributed by atoms with Crippen LogP contribution in [-0.4, -0.2) is 59.4 Å². The molecule has 11 heteroatoms. The number of hydrogen-bond donors (Lipinski definition) is 3. The molecule has 4 aliphatic rings. The van der Waals surface area contributed by atoms with E-state index < -0.39 is 18.0 Å². The second-order valence-electron chi connectivity index (χ2n) is 10.1. The van der Waals surface area contributed by atoms with Crippen LogP contribution in [-0.2, 0) is 4.74 Å². The van der Waals surface area contributed by atoms with Crippen LogP contribution >= 0.6 is 22.9 Å². The number of β-amino-alcohol motifs (C(OH)–C–C–N with tert-alkyl or cyclic N) is 1. The van der Waals surface area contributed by atoms with Gasteiger partial charge in [0.2, 0.25) is 0 Å². The number of rotatable bonds is 2. The highest BCUT2D eigenvalue weighted by Gasteiger charge is 2.39. The minimum Gasteiger partial charge on any atom is -0.391 e. The minimum absolute atomic E-state index is 0.192. The van der Waals surface area contributed by atoms with Crippen LogP contribution in [0.15, 0.2) is 39.1 Å². The fourth-order valence-corrected chi connectivity index (χ4v) is 6.13. The third-order valence-corrected chi connectivity index (χ3v) is 8.64. The van der Waals surface area contributed by atoms with E-state index in [1.54, 1.807) is 0 Å². The van der Waals surface area contributed by atoms with Crippen LogP contribution in [0.1, 0.15) is 58.7 Å². The third kappa shape index (κ3) is 5.48. The number of aliphatic hydroxyl groups is 1. The summed E-state index contributed by atoms with van der Waals surface area (Å²) < 4.78 is 20.6. The molecule has 0 spiro atoms. The first-order chi connectivity index (χ1) is 19.2. The highest BCUT2D eigenvalue weighted by molar-refractivity contribution is 7.23. The fourth-order valence-electron chi connectivity index (χ4n) is 4.84. The standard InChI is InChI=1S/C22H18ClFN6O2S.C5H12.C2H6/c23-17-15(19-16-10(3-25)21(26)33-20(16)14(24)5-27-19)13-8-32-7-12(13)11-4-28-22(29-18(11)17)30-2-1-9(31)6-30;1-4-5(2)3;1-2/h4-5,9,18,31H,1-2,6-8,26H2,(H,28,29);5H,4H2,1-3H3;1-2H3. The number of aromatic nitrogens is 1. The van der Waals surface area contributed by atoms with E-state index in [1.807, 2.05) is 24.9 Å². The summed E-state index contributed by atoms with van der Waals surface area (Å²) in [6, 6.07) is 1.59. The Morgan fingerprint density at radius 3 is 2.67 bits per heavy atom. The van der Waals surface area contributed by atoms with Crippen molar-refractivity contribution in [3.8, 4) is 6.07 Å². The summed E-state index contributed by atoms with van der Waals surface area (Å²) in [6.45, 7) is 12.5. The number of nitrogens with one attached hydrogen (secondary N) is 1. The Morgan fingerprint density at radius 2 is 2.05 bits per heavy atom. The zero-order valence-electron chi connectivity index (χ0n) is 23.5. The van der Waals surface area contributed by atoms with E-state index in [0.29, 0.717) is 60.4 Å². The zero-order chi connectivity index (χ0) is 29.1. The molecular formula is C29H36ClFN6O2S. The van der Waals surface area contributed by atoms with Crippen LogP contribution in [0.2, 0.25) is 0 Å². The smallest absolute Gasteiger partial charge is 0.199 e. The molecule has 1 fully saturated rings. The Balaban J connectivity index is 0.000000479. The van der Waals surface area contributed by atoms with E-state index >= 15 is 0 Å². The first-order valence-electron chi connectivity index (χ1n) is 13.7. The Kier molecular flexibility index (Phi) is 9.52. The van der Waals surface area contributed by atoms with Gasteiger partial charge in [-0.2, -0.15) is 5.26 Å². The predicted molar refractivity (Wildman–Crippen MR) is 160 cm³/mol. The van der Waals surface area contributed by atoms with E-state index in [9.17, 15) is 14.8 Å². The minimum atomic E-state index is -0.535. The van der Waals surface area contributed by atoms with Crippen LogP contribution in [0.25, 0.3) is 15.7 Å². The summed E-state index contributed by atoms with van der Waals surface area (Å²) in [4.78, 5) is 11.2. The number of aliphatic hydroxyl groups excluding tert-OH is 1. The summed E-state index contributed by atoms with van der Waals surface area (Å²) in [6.07, 6.45) is 4.61. The van der Waals surface area contributed by atoms with Crippen molar-refractivity contribution in [3.63, 3.8) is 0 Å². The van der Waals surface area contributed by atoms with Crippen LogP contribution in [0.4, 0.5) is 9.39 Å². The molecule has 2 atom stereocenters. The van der Waals surface area contributed by atoms with E-state index in [0.717, 1.165) is 40.2 Å². The average molecular weight is 587 g/mol. The summed E-state index contributed by atoms with van der Waals surface area (Å²) >= 11 is 8.03. The molecular weight excluding hydrogens is 551 g/mol. The molecule has 2 unspecified atom stereocenters. The molecule has 0 bridgehead atoms. The molecule has 2 aromatic heterocycles. The van der Waals surface area contributed by atoms with Gasteiger partial charge in [-0.3, -0.25) is 4.98 Å². The summed E-state index contributed by atoms with van der Waals surface area (Å²) in [5, 5.41) is 23.9. The number of fused-ring (bicyclic) bond motifs is 3. The number of hydrogen-bond acceptors (Lipinski definition) is 9. The van der Waals surface area contributed by atoms with Gasteiger partial charge in [0.25, 0.3) is 0 Å². The second kappa shape index (κ2) is 12.7. The number of ether oxygens (including phenoxy) is 1. The number of anilines is 1. The number of pyridine rings is 1. The average Bonchev–Trinajstić information content (AvgIpc) is 3.70. The number of aliphatic imine (C=N–C) groups is 1. The molecule has 8 nitrogen and oxygen atoms in total. The number of thiophene rings is 1. The van der Waals surface area contributed by atoms with Crippen molar-refractivity contribution in [3.05, 3.63) is 51.2 Å². The first kappa shape index (κ1) is 30.0. The lowest BCUT2D eigenvalue weighted by Gasteiger charge is -2.32. The van der Waals surface area contributed by atoms with Crippen LogP contribution in [0.3, 0.4) is 0 Å². The molecule has 0 amide bonds. The van der Waals surface area contributed by atoms with Crippen molar-refractivity contribution in [2.45, 2.75) is 59.6 Å². The van der Waals surface area contributed by atoms with Crippen molar-refractivity contribution in [1.82, 2.24) is 15.2 Å². The summed E-state index contributed by atoms with van der Waals surface area (Å²) in [7, 11) is 0. The van der Waals surface area contributed by atoms with Gasteiger partial charge in [-0.15, -0.1) is 11.3 Å². The van der Waals surface area contributed by atoms with Gasteiger partial charge in [0.15, 0.2) is 11.8 Å². The zero-order valence-corrected chi connectivity index (χ0v) is 25.1. The van der Waals surface area contributed by atoms with Gasteiger partial charge in [0.1, 0.15) is 17.1 Å². The Hall–Kier alpha value is -2.97. The van der Waals surface area contributed by atoms with Gasteiger partial charge in [-0.25, -0.2) is 9.38 Å². The SMILES string of the molecule is CC.CCC(C)C.N#Cc1c(N)sc2c(F)cnc(C3=C(Cl)C4N=C(N5CCC(O)C5)NC=C4C4=C3COC4)c12. The number of likely N-dealkylation sites (tertiary alicyclic amines) is 1. The van der Waals surface area contributed by atoms with Crippen LogP contribution < -0.4 is 11.1 Å². The quantitative estimate of drug-likeness (QED) is 0.423. The molecule has 40 heavy (non-hydrogen) atoms. The molecule has 0 saturated carbocycles. The van der Waals surface area contributed by atoms with E-state index in [1.165, 1.54) is 6.42 Å². The van der Waals surface area contributed by atoms with Gasteiger partial charge >= 0.3 is 0 Å². The lowest BCUT2D eigenvalue weighted by Crippen LogP contribution is -2.42. The molecule has 6 rings (SSSR count). The molecule has 4 N–H and O–H groups in total. The first-order valence-corrected chi connectivity index (χ1v) is 14.9. The maximum Gasteiger partial charge on any atom is 0.199 e. The number of halogens is 2. The van der Waals surface area contributed by atoms with Crippen molar-refractivity contribution in [2.75, 3.05) is 32.0 Å². The molecule has 0 radical (unpaired) electrons. The molecule has 0 aromatic carbocycles.